The van der Waals surface area contributed by atoms with Gasteiger partial charge in [-0.25, -0.2) is 4.68 Å². The Morgan fingerprint density at radius 1 is 1.19 bits per heavy atom. The van der Waals surface area contributed by atoms with Gasteiger partial charge in [-0.3, -0.25) is 4.79 Å². The number of halogens is 8. The molecule has 2 rings (SSSR count). The van der Waals surface area contributed by atoms with Gasteiger partial charge in [-0.05, 0) is 12.1 Å². The number of hydrogen-bond acceptors (Lipinski definition) is 3. The highest BCUT2D eigenvalue weighted by Crippen LogP contribution is 2.35. The highest BCUT2D eigenvalue weighted by Gasteiger charge is 2.45. The van der Waals surface area contributed by atoms with Crippen molar-refractivity contribution < 1.29 is 44.7 Å². The van der Waals surface area contributed by atoms with Gasteiger partial charge in [0.05, 0.1) is 5.69 Å². The zero-order valence-corrected chi connectivity index (χ0v) is 13.1. The molecule has 0 aliphatic heterocycles. The molecule has 0 aliphatic rings. The topological polar surface area (TPSA) is 56.2 Å². The van der Waals surface area contributed by atoms with E-state index in [1.165, 1.54) is 0 Å². The van der Waals surface area contributed by atoms with Crippen LogP contribution in [0.1, 0.15) is 16.1 Å². The molecule has 1 aromatic heterocycles. The number of nitrogens with one attached hydrogen (secondary N) is 1. The van der Waals surface area contributed by atoms with Crippen LogP contribution < -0.4 is 10.1 Å². The van der Waals surface area contributed by atoms with Crippen LogP contribution in [-0.4, -0.2) is 28.2 Å². The molecule has 0 aliphatic carbocycles. The number of aryl methyl sites for hydroxylation is 1. The third-order valence-electron chi connectivity index (χ3n) is 3.11. The summed E-state index contributed by atoms with van der Waals surface area (Å²) in [5, 5.41) is 4.57. The van der Waals surface area contributed by atoms with Crippen molar-refractivity contribution in [1.82, 2.24) is 9.78 Å². The van der Waals surface area contributed by atoms with Crippen LogP contribution in [0, 0.1) is 5.95 Å². The zero-order valence-electron chi connectivity index (χ0n) is 13.1. The van der Waals surface area contributed by atoms with Crippen molar-refractivity contribution in [2.75, 3.05) is 5.32 Å². The fourth-order valence-electron chi connectivity index (χ4n) is 1.94. The van der Waals surface area contributed by atoms with E-state index in [9.17, 15) is 39.9 Å². The number of hydrogen-bond donors (Lipinski definition) is 1. The van der Waals surface area contributed by atoms with E-state index < -0.39 is 53.3 Å². The molecule has 0 bridgehead atoms. The Hall–Kier alpha value is -2.86. The molecule has 27 heavy (non-hydrogen) atoms. The second kappa shape index (κ2) is 7.04. The van der Waals surface area contributed by atoms with Gasteiger partial charge in [-0.15, -0.1) is 0 Å². The summed E-state index contributed by atoms with van der Waals surface area (Å²) < 4.78 is 107. The molecule has 1 heterocycles. The summed E-state index contributed by atoms with van der Waals surface area (Å²) in [7, 11) is 0.807. The summed E-state index contributed by atoms with van der Waals surface area (Å²) in [5.74, 6) is -4.30. The Morgan fingerprint density at radius 2 is 1.78 bits per heavy atom. The molecule has 0 spiro atoms. The molecule has 5 nitrogen and oxygen atoms in total. The summed E-state index contributed by atoms with van der Waals surface area (Å²) in [4.78, 5) is 12.1. The molecule has 0 fully saturated rings. The van der Waals surface area contributed by atoms with Gasteiger partial charge in [0, 0.05) is 7.05 Å². The number of para-hydroxylation sites is 2. The number of carbonyl (C=O) groups is 1. The first kappa shape index (κ1) is 20.5. The first-order valence-electron chi connectivity index (χ1n) is 6.89. The number of amides is 1. The maximum absolute atomic E-state index is 13.9. The Kier molecular flexibility index (Phi) is 5.33. The fraction of sp³-hybridized carbons (Fsp3) is 0.286. The number of benzene rings is 1. The molecule has 0 saturated carbocycles. The maximum Gasteiger partial charge on any atom is 0.461 e. The first-order chi connectivity index (χ1) is 12.3. The van der Waals surface area contributed by atoms with Crippen LogP contribution in [0.2, 0.25) is 0 Å². The number of ether oxygens (including phenoxy) is 1. The second-order valence-electron chi connectivity index (χ2n) is 5.05. The molecule has 0 radical (unpaired) electrons. The van der Waals surface area contributed by atoms with Crippen molar-refractivity contribution in [1.29, 1.82) is 0 Å². The summed E-state index contributed by atoms with van der Waals surface area (Å²) >= 11 is 0. The molecule has 0 saturated heterocycles. The van der Waals surface area contributed by atoms with Crippen LogP contribution in [0.25, 0.3) is 0 Å². The minimum Gasteiger partial charge on any atom is -0.426 e. The van der Waals surface area contributed by atoms with Crippen molar-refractivity contribution in [2.45, 2.75) is 18.7 Å². The average molecular weight is 403 g/mol. The number of rotatable bonds is 5. The molecule has 148 valence electrons. The fourth-order valence-corrected chi connectivity index (χ4v) is 1.94. The number of anilines is 1. The van der Waals surface area contributed by atoms with Gasteiger partial charge in [-0.2, -0.15) is 40.2 Å². The lowest BCUT2D eigenvalue weighted by atomic mass is 10.2. The van der Waals surface area contributed by atoms with E-state index in [2.05, 4.69) is 9.84 Å². The largest absolute Gasteiger partial charge is 0.461 e. The van der Waals surface area contributed by atoms with Gasteiger partial charge in [0.25, 0.3) is 5.91 Å². The Labute approximate surface area is 145 Å². The monoisotopic (exact) mass is 403 g/mol. The lowest BCUT2D eigenvalue weighted by Crippen LogP contribution is -2.33. The van der Waals surface area contributed by atoms with Crippen molar-refractivity contribution in [3.05, 3.63) is 41.5 Å². The van der Waals surface area contributed by atoms with Crippen LogP contribution >= 0.6 is 0 Å². The van der Waals surface area contributed by atoms with Gasteiger partial charge in [0.15, 0.2) is 5.69 Å². The maximum atomic E-state index is 13.9. The standard InChI is InChI=1S/C14H9F8N3O2/c1-25-10(15)8(9(24-25)13(18,19)20)11(26)23-6-4-2-3-5-7(6)27-14(21,22)12(16)17/h2-5,12H,1H3,(H,23,26). The van der Waals surface area contributed by atoms with Crippen molar-refractivity contribution >= 4 is 11.6 Å². The number of alkyl halides is 7. The summed E-state index contributed by atoms with van der Waals surface area (Å²) in [6.45, 7) is 0. The minimum absolute atomic E-state index is 0.158. The molecular formula is C14H9F8N3O2. The summed E-state index contributed by atoms with van der Waals surface area (Å²) in [6, 6.07) is 3.87. The number of carbonyl (C=O) groups excluding carboxylic acids is 1. The lowest BCUT2D eigenvalue weighted by Gasteiger charge is -2.19. The van der Waals surface area contributed by atoms with Gasteiger partial charge < -0.3 is 10.1 Å². The lowest BCUT2D eigenvalue weighted by molar-refractivity contribution is -0.252. The minimum atomic E-state index is -5.19. The third-order valence-corrected chi connectivity index (χ3v) is 3.11. The molecule has 1 aromatic carbocycles. The van der Waals surface area contributed by atoms with Crippen LogP contribution in [-0.2, 0) is 13.2 Å². The average Bonchev–Trinajstić information content (AvgIpc) is 2.84. The van der Waals surface area contributed by atoms with Gasteiger partial charge >= 0.3 is 18.7 Å². The summed E-state index contributed by atoms with van der Waals surface area (Å²) in [6.07, 6.45) is -14.3. The molecule has 0 atom stereocenters. The first-order valence-corrected chi connectivity index (χ1v) is 6.89. The van der Waals surface area contributed by atoms with Crippen LogP contribution in [0.4, 0.5) is 40.8 Å². The Balaban J connectivity index is 2.39. The summed E-state index contributed by atoms with van der Waals surface area (Å²) in [5.41, 5.74) is -4.03. The van der Waals surface area contributed by atoms with E-state index in [4.69, 9.17) is 0 Å². The molecule has 0 unspecified atom stereocenters. The van der Waals surface area contributed by atoms with Crippen LogP contribution in [0.3, 0.4) is 0 Å². The highest BCUT2D eigenvalue weighted by atomic mass is 19.4. The predicted octanol–water partition coefficient (Wildman–Crippen LogP) is 4.07. The second-order valence-corrected chi connectivity index (χ2v) is 5.05. The molecule has 13 heteroatoms. The van der Waals surface area contributed by atoms with E-state index in [0.717, 1.165) is 31.3 Å². The van der Waals surface area contributed by atoms with E-state index >= 15 is 0 Å². The number of nitrogens with zero attached hydrogens (tertiary/aromatic N) is 2. The van der Waals surface area contributed by atoms with Gasteiger partial charge in [0.1, 0.15) is 11.3 Å². The van der Waals surface area contributed by atoms with Crippen LogP contribution in [0.15, 0.2) is 24.3 Å². The Bertz CT molecular complexity index is 847. The van der Waals surface area contributed by atoms with Crippen molar-refractivity contribution in [3.63, 3.8) is 0 Å². The van der Waals surface area contributed by atoms with Crippen molar-refractivity contribution in [3.8, 4) is 5.75 Å². The molecular weight excluding hydrogens is 394 g/mol. The third kappa shape index (κ3) is 4.28. The molecule has 1 N–H and O–H groups in total. The number of aromatic nitrogens is 2. The van der Waals surface area contributed by atoms with E-state index in [1.807, 2.05) is 0 Å². The van der Waals surface area contributed by atoms with Gasteiger partial charge in [-0.1, -0.05) is 12.1 Å². The quantitative estimate of drug-likeness (QED) is 0.766. The molecule has 1 amide bonds. The zero-order chi connectivity index (χ0) is 20.6. The SMILES string of the molecule is Cn1nc(C(F)(F)F)c(C(=O)Nc2ccccc2OC(F)(F)C(F)F)c1F. The van der Waals surface area contributed by atoms with E-state index in [0.29, 0.717) is 0 Å². The van der Waals surface area contributed by atoms with Gasteiger partial charge in [0.2, 0.25) is 5.95 Å². The van der Waals surface area contributed by atoms with E-state index in [1.54, 1.807) is 5.32 Å². The van der Waals surface area contributed by atoms with Crippen molar-refractivity contribution in [2.24, 2.45) is 7.05 Å². The van der Waals surface area contributed by atoms with Crippen LogP contribution in [0.5, 0.6) is 5.75 Å². The smallest absolute Gasteiger partial charge is 0.426 e. The predicted molar refractivity (Wildman–Crippen MR) is 74.1 cm³/mol. The Morgan fingerprint density at radius 3 is 2.33 bits per heavy atom. The molecule has 2 aromatic rings. The highest BCUT2D eigenvalue weighted by molar-refractivity contribution is 6.06. The normalized spacial score (nSPS) is 12.4. The van der Waals surface area contributed by atoms with E-state index in [-0.39, 0.29) is 4.68 Å².